The van der Waals surface area contributed by atoms with E-state index < -0.39 is 0 Å². The van der Waals surface area contributed by atoms with Gasteiger partial charge in [0.05, 0.1) is 0 Å². The first-order valence-electron chi connectivity index (χ1n) is 6.29. The largest absolute Gasteiger partial charge is 0.329 e. The fourth-order valence-corrected chi connectivity index (χ4v) is 1.79. The van der Waals surface area contributed by atoms with Crippen molar-refractivity contribution in [3.63, 3.8) is 0 Å². The van der Waals surface area contributed by atoms with Gasteiger partial charge in [0.2, 0.25) is 0 Å². The Morgan fingerprint density at radius 3 is 2.47 bits per heavy atom. The maximum atomic E-state index is 5.44. The Morgan fingerprint density at radius 1 is 1.21 bits per heavy atom. The molecule has 0 unspecified atom stereocenters. The molecule has 0 aliphatic heterocycles. The van der Waals surface area contributed by atoms with Crippen molar-refractivity contribution in [2.24, 2.45) is 5.84 Å². The molecule has 1 heterocycles. The van der Waals surface area contributed by atoms with Gasteiger partial charge in [-0.2, -0.15) is 0 Å². The van der Waals surface area contributed by atoms with E-state index in [2.05, 4.69) is 46.6 Å². The lowest BCUT2D eigenvalue weighted by molar-refractivity contribution is 0.924. The van der Waals surface area contributed by atoms with E-state index in [1.165, 1.54) is 5.56 Å². The van der Waals surface area contributed by atoms with Crippen LogP contribution >= 0.6 is 0 Å². The molecule has 0 radical (unpaired) electrons. The monoisotopic (exact) mass is 257 g/mol. The van der Waals surface area contributed by atoms with Crippen LogP contribution in [0.15, 0.2) is 30.3 Å². The lowest BCUT2D eigenvalue weighted by Crippen LogP contribution is -2.16. The second kappa shape index (κ2) is 5.67. The summed E-state index contributed by atoms with van der Waals surface area (Å²) >= 11 is 0. The van der Waals surface area contributed by atoms with Crippen LogP contribution in [0.2, 0.25) is 0 Å². The van der Waals surface area contributed by atoms with Gasteiger partial charge in [0.1, 0.15) is 17.5 Å². The van der Waals surface area contributed by atoms with Gasteiger partial charge in [-0.25, -0.2) is 15.8 Å². The summed E-state index contributed by atoms with van der Waals surface area (Å²) in [4.78, 5) is 10.8. The standard InChI is InChI=1S/C14H19N5/c1-4-12-16-13(18-15)9-14(17-12)19(3)11-7-5-10(2)6-8-11/h5-9H,4,15H2,1-3H3,(H,16,17,18). The van der Waals surface area contributed by atoms with Gasteiger partial charge in [-0.15, -0.1) is 0 Å². The normalized spacial score (nSPS) is 10.3. The van der Waals surface area contributed by atoms with Crippen LogP contribution in [-0.2, 0) is 6.42 Å². The lowest BCUT2D eigenvalue weighted by Gasteiger charge is -2.19. The summed E-state index contributed by atoms with van der Waals surface area (Å²) in [7, 11) is 1.98. The van der Waals surface area contributed by atoms with Crippen LogP contribution in [0.4, 0.5) is 17.3 Å². The van der Waals surface area contributed by atoms with E-state index in [1.54, 1.807) is 0 Å². The van der Waals surface area contributed by atoms with Gasteiger partial charge < -0.3 is 10.3 Å². The number of rotatable bonds is 4. The minimum absolute atomic E-state index is 0.626. The Morgan fingerprint density at radius 2 is 1.89 bits per heavy atom. The predicted molar refractivity (Wildman–Crippen MR) is 78.5 cm³/mol. The van der Waals surface area contributed by atoms with Crippen molar-refractivity contribution < 1.29 is 0 Å². The number of hydrazine groups is 1. The molecule has 0 aliphatic rings. The summed E-state index contributed by atoms with van der Waals surface area (Å²) in [6.07, 6.45) is 0.768. The van der Waals surface area contributed by atoms with Gasteiger partial charge in [-0.05, 0) is 19.1 Å². The number of anilines is 3. The van der Waals surface area contributed by atoms with Crippen molar-refractivity contribution in [2.45, 2.75) is 20.3 Å². The summed E-state index contributed by atoms with van der Waals surface area (Å²) < 4.78 is 0. The first kappa shape index (κ1) is 13.3. The summed E-state index contributed by atoms with van der Waals surface area (Å²) in [5.41, 5.74) is 4.89. The molecule has 0 spiro atoms. The molecular weight excluding hydrogens is 238 g/mol. The number of nitrogen functional groups attached to an aromatic ring is 1. The van der Waals surface area contributed by atoms with E-state index in [0.717, 1.165) is 23.8 Å². The number of nitrogens with zero attached hydrogens (tertiary/aromatic N) is 3. The average Bonchev–Trinajstić information content (AvgIpc) is 2.46. The van der Waals surface area contributed by atoms with Crippen LogP contribution in [0.5, 0.6) is 0 Å². The molecule has 2 rings (SSSR count). The lowest BCUT2D eigenvalue weighted by atomic mass is 10.2. The maximum absolute atomic E-state index is 5.44. The van der Waals surface area contributed by atoms with Crippen LogP contribution < -0.4 is 16.2 Å². The molecule has 0 atom stereocenters. The molecule has 2 aromatic rings. The summed E-state index contributed by atoms with van der Waals surface area (Å²) in [6.45, 7) is 4.09. The van der Waals surface area contributed by atoms with E-state index in [4.69, 9.17) is 5.84 Å². The topological polar surface area (TPSA) is 67.1 Å². The van der Waals surface area contributed by atoms with Gasteiger partial charge >= 0.3 is 0 Å². The molecule has 1 aromatic heterocycles. The van der Waals surface area contributed by atoms with Crippen LogP contribution in [0.3, 0.4) is 0 Å². The van der Waals surface area contributed by atoms with Crippen LogP contribution in [-0.4, -0.2) is 17.0 Å². The predicted octanol–water partition coefficient (Wildman–Crippen LogP) is 2.40. The molecule has 100 valence electrons. The summed E-state index contributed by atoms with van der Waals surface area (Å²) in [5.74, 6) is 7.66. The third-order valence-electron chi connectivity index (χ3n) is 2.99. The molecule has 19 heavy (non-hydrogen) atoms. The minimum atomic E-state index is 0.626. The number of nitrogens with two attached hydrogens (primary N) is 1. The molecule has 0 fully saturated rings. The number of hydrogen-bond donors (Lipinski definition) is 2. The van der Waals surface area contributed by atoms with Crippen molar-refractivity contribution in [3.8, 4) is 0 Å². The zero-order valence-corrected chi connectivity index (χ0v) is 11.5. The first-order chi connectivity index (χ1) is 9.13. The SMILES string of the molecule is CCc1nc(NN)cc(N(C)c2ccc(C)cc2)n1. The molecule has 0 aliphatic carbocycles. The van der Waals surface area contributed by atoms with Crippen molar-refractivity contribution in [3.05, 3.63) is 41.7 Å². The van der Waals surface area contributed by atoms with Crippen LogP contribution in [0.25, 0.3) is 0 Å². The zero-order valence-electron chi connectivity index (χ0n) is 11.5. The van der Waals surface area contributed by atoms with Crippen molar-refractivity contribution in [1.82, 2.24) is 9.97 Å². The van der Waals surface area contributed by atoms with E-state index in [0.29, 0.717) is 5.82 Å². The number of hydrogen-bond acceptors (Lipinski definition) is 5. The highest BCUT2D eigenvalue weighted by Crippen LogP contribution is 2.23. The number of aryl methyl sites for hydroxylation is 2. The fraction of sp³-hybridized carbons (Fsp3) is 0.286. The number of aromatic nitrogens is 2. The van der Waals surface area contributed by atoms with Crippen LogP contribution in [0, 0.1) is 6.92 Å². The smallest absolute Gasteiger partial charge is 0.145 e. The highest BCUT2D eigenvalue weighted by Gasteiger charge is 2.09. The Balaban J connectivity index is 2.37. The third kappa shape index (κ3) is 3.00. The average molecular weight is 257 g/mol. The second-order valence-corrected chi connectivity index (χ2v) is 4.42. The molecule has 5 nitrogen and oxygen atoms in total. The van der Waals surface area contributed by atoms with Gasteiger partial charge in [-0.3, -0.25) is 0 Å². The molecule has 3 N–H and O–H groups in total. The highest BCUT2D eigenvalue weighted by atomic mass is 15.3. The quantitative estimate of drug-likeness (QED) is 0.650. The van der Waals surface area contributed by atoms with E-state index in [-0.39, 0.29) is 0 Å². The fourth-order valence-electron chi connectivity index (χ4n) is 1.79. The van der Waals surface area contributed by atoms with Crippen LogP contribution in [0.1, 0.15) is 18.3 Å². The maximum Gasteiger partial charge on any atom is 0.145 e. The van der Waals surface area contributed by atoms with Crippen molar-refractivity contribution >= 4 is 17.3 Å². The van der Waals surface area contributed by atoms with Gasteiger partial charge in [-0.1, -0.05) is 24.6 Å². The molecule has 0 amide bonds. The Hall–Kier alpha value is -2.14. The van der Waals surface area contributed by atoms with E-state index in [9.17, 15) is 0 Å². The van der Waals surface area contributed by atoms with Gasteiger partial charge in [0, 0.05) is 25.2 Å². The van der Waals surface area contributed by atoms with Gasteiger partial charge in [0.25, 0.3) is 0 Å². The molecular formula is C14H19N5. The molecule has 0 bridgehead atoms. The zero-order chi connectivity index (χ0) is 13.8. The molecule has 0 saturated heterocycles. The van der Waals surface area contributed by atoms with E-state index in [1.807, 2.05) is 24.9 Å². The highest BCUT2D eigenvalue weighted by molar-refractivity contribution is 5.61. The number of nitrogens with one attached hydrogen (secondary N) is 1. The minimum Gasteiger partial charge on any atom is -0.329 e. The Bertz CT molecular complexity index is 528. The molecule has 0 saturated carbocycles. The third-order valence-corrected chi connectivity index (χ3v) is 2.99. The Labute approximate surface area is 113 Å². The second-order valence-electron chi connectivity index (χ2n) is 4.42. The summed E-state index contributed by atoms with van der Waals surface area (Å²) in [5, 5.41) is 0. The van der Waals surface area contributed by atoms with Gasteiger partial charge in [0.15, 0.2) is 0 Å². The number of benzene rings is 1. The van der Waals surface area contributed by atoms with Crippen molar-refractivity contribution in [1.29, 1.82) is 0 Å². The van der Waals surface area contributed by atoms with Crippen molar-refractivity contribution in [2.75, 3.05) is 17.4 Å². The molecule has 5 heteroatoms. The first-order valence-corrected chi connectivity index (χ1v) is 6.29. The molecule has 1 aromatic carbocycles. The summed E-state index contributed by atoms with van der Waals surface area (Å²) in [6, 6.07) is 10.1. The van der Waals surface area contributed by atoms with E-state index >= 15 is 0 Å². The Kier molecular flexibility index (Phi) is 3.97.